The van der Waals surface area contributed by atoms with Gasteiger partial charge >= 0.3 is 5.97 Å². The van der Waals surface area contributed by atoms with E-state index in [0.29, 0.717) is 28.8 Å². The average molecular weight is 377 g/mol. The van der Waals surface area contributed by atoms with Crippen LogP contribution in [0.4, 0.5) is 5.82 Å². The minimum absolute atomic E-state index is 0.330. The van der Waals surface area contributed by atoms with E-state index >= 15 is 0 Å². The Morgan fingerprint density at radius 1 is 1.19 bits per heavy atom. The summed E-state index contributed by atoms with van der Waals surface area (Å²) in [6, 6.07) is 9.78. The Morgan fingerprint density at radius 3 is 2.54 bits per heavy atom. The lowest BCUT2D eigenvalue weighted by Gasteiger charge is -2.13. The molecule has 1 aromatic carbocycles. The maximum atomic E-state index is 12.2. The highest BCUT2D eigenvalue weighted by Gasteiger charge is 2.19. The summed E-state index contributed by atoms with van der Waals surface area (Å²) in [5.74, 6) is -0.0463. The third-order valence-electron chi connectivity index (χ3n) is 3.49. The van der Waals surface area contributed by atoms with Gasteiger partial charge in [-0.3, -0.25) is 4.79 Å². The van der Waals surface area contributed by atoms with Crippen LogP contribution in [0.15, 0.2) is 42.6 Å². The van der Waals surface area contributed by atoms with Crippen molar-refractivity contribution in [2.24, 2.45) is 0 Å². The molecule has 138 valence electrons. The Morgan fingerprint density at radius 2 is 1.92 bits per heavy atom. The van der Waals surface area contributed by atoms with Gasteiger partial charge in [0.25, 0.3) is 5.91 Å². The van der Waals surface area contributed by atoms with Crippen molar-refractivity contribution in [3.8, 4) is 5.75 Å². The van der Waals surface area contributed by atoms with Crippen molar-refractivity contribution in [2.75, 3.05) is 11.9 Å². The molecule has 1 unspecified atom stereocenters. The summed E-state index contributed by atoms with van der Waals surface area (Å²) in [5, 5.41) is 3.02. The first-order valence-electron chi connectivity index (χ1n) is 8.36. The summed E-state index contributed by atoms with van der Waals surface area (Å²) in [5.41, 5.74) is 0.345. The number of pyridine rings is 1. The van der Waals surface area contributed by atoms with E-state index in [1.165, 1.54) is 13.1 Å². The number of carbonyl (C=O) groups excluding carboxylic acids is 2. The zero-order valence-corrected chi connectivity index (χ0v) is 15.5. The van der Waals surface area contributed by atoms with Crippen molar-refractivity contribution in [1.82, 2.24) is 4.98 Å². The third kappa shape index (κ3) is 6.04. The van der Waals surface area contributed by atoms with E-state index in [0.717, 1.165) is 12.8 Å². The van der Waals surface area contributed by atoms with Gasteiger partial charge in [0.1, 0.15) is 11.6 Å². The maximum absolute atomic E-state index is 12.2. The SMILES string of the molecule is CCCCOc1ccc(C(=O)OC(C)C(=O)Nc2ccc(Cl)cn2)cc1. The average Bonchev–Trinajstić information content (AvgIpc) is 2.64. The molecule has 1 atom stereocenters. The zero-order valence-electron chi connectivity index (χ0n) is 14.7. The van der Waals surface area contributed by atoms with Crippen LogP contribution in [0.1, 0.15) is 37.0 Å². The molecule has 7 heteroatoms. The minimum Gasteiger partial charge on any atom is -0.494 e. The number of aromatic nitrogens is 1. The van der Waals surface area contributed by atoms with Crippen molar-refractivity contribution in [1.29, 1.82) is 0 Å². The highest BCUT2D eigenvalue weighted by Crippen LogP contribution is 2.15. The molecule has 0 saturated heterocycles. The largest absolute Gasteiger partial charge is 0.494 e. The first kappa shape index (κ1) is 19.7. The highest BCUT2D eigenvalue weighted by molar-refractivity contribution is 6.30. The number of nitrogens with one attached hydrogen (secondary N) is 1. The number of hydrogen-bond donors (Lipinski definition) is 1. The number of carbonyl (C=O) groups is 2. The molecule has 2 aromatic rings. The molecule has 0 radical (unpaired) electrons. The molecule has 1 aromatic heterocycles. The van der Waals surface area contributed by atoms with Crippen LogP contribution in [0.25, 0.3) is 0 Å². The standard InChI is InChI=1S/C19H21ClN2O4/c1-3-4-11-25-16-8-5-14(6-9-16)19(24)26-13(2)18(23)22-17-10-7-15(20)12-21-17/h5-10,12-13H,3-4,11H2,1-2H3,(H,21,22,23). The second kappa shape index (κ2) is 9.77. The summed E-state index contributed by atoms with van der Waals surface area (Å²) in [4.78, 5) is 28.2. The fourth-order valence-electron chi connectivity index (χ4n) is 1.98. The number of benzene rings is 1. The van der Waals surface area contributed by atoms with Crippen LogP contribution in [0, 0.1) is 0 Å². The number of ether oxygens (including phenoxy) is 2. The molecular formula is C19H21ClN2O4. The highest BCUT2D eigenvalue weighted by atomic mass is 35.5. The molecule has 6 nitrogen and oxygen atoms in total. The summed E-state index contributed by atoms with van der Waals surface area (Å²) in [7, 11) is 0. The van der Waals surface area contributed by atoms with Gasteiger partial charge in [-0.05, 0) is 49.7 Å². The molecule has 0 fully saturated rings. The Balaban J connectivity index is 1.87. The Kier molecular flexibility index (Phi) is 7.41. The van der Waals surface area contributed by atoms with Gasteiger partial charge in [0.05, 0.1) is 17.2 Å². The predicted octanol–water partition coefficient (Wildman–Crippen LogP) is 4.10. The Labute approximate surface area is 157 Å². The van der Waals surface area contributed by atoms with Crippen LogP contribution in [0.5, 0.6) is 5.75 Å². The molecule has 0 spiro atoms. The molecule has 0 bridgehead atoms. The number of nitrogens with zero attached hydrogens (tertiary/aromatic N) is 1. The molecule has 1 heterocycles. The Hall–Kier alpha value is -2.60. The lowest BCUT2D eigenvalue weighted by atomic mass is 10.2. The van der Waals surface area contributed by atoms with Gasteiger partial charge in [0.15, 0.2) is 6.10 Å². The second-order valence-corrected chi connectivity index (χ2v) is 6.06. The molecule has 26 heavy (non-hydrogen) atoms. The van der Waals surface area contributed by atoms with Crippen LogP contribution in [0.2, 0.25) is 5.02 Å². The molecule has 0 aliphatic heterocycles. The minimum atomic E-state index is -0.972. The Bertz CT molecular complexity index is 732. The molecule has 2 rings (SSSR count). The van der Waals surface area contributed by atoms with Crippen LogP contribution >= 0.6 is 11.6 Å². The lowest BCUT2D eigenvalue weighted by Crippen LogP contribution is -2.30. The van der Waals surface area contributed by atoms with E-state index in [1.807, 2.05) is 0 Å². The van der Waals surface area contributed by atoms with Crippen molar-refractivity contribution >= 4 is 29.3 Å². The molecule has 0 saturated carbocycles. The lowest BCUT2D eigenvalue weighted by molar-refractivity contribution is -0.123. The van der Waals surface area contributed by atoms with E-state index in [-0.39, 0.29) is 0 Å². The van der Waals surface area contributed by atoms with Gasteiger partial charge in [0.2, 0.25) is 0 Å². The molecular weight excluding hydrogens is 356 g/mol. The fraction of sp³-hybridized carbons (Fsp3) is 0.316. The number of halogens is 1. The van der Waals surface area contributed by atoms with Crippen LogP contribution in [-0.4, -0.2) is 29.6 Å². The topological polar surface area (TPSA) is 77.5 Å². The van der Waals surface area contributed by atoms with Crippen LogP contribution in [-0.2, 0) is 9.53 Å². The summed E-state index contributed by atoms with van der Waals surface area (Å²) >= 11 is 5.74. The number of rotatable bonds is 8. The van der Waals surface area contributed by atoms with Crippen molar-refractivity contribution in [3.05, 3.63) is 53.2 Å². The van der Waals surface area contributed by atoms with Crippen molar-refractivity contribution in [2.45, 2.75) is 32.8 Å². The summed E-state index contributed by atoms with van der Waals surface area (Å²) < 4.78 is 10.7. The monoisotopic (exact) mass is 376 g/mol. The zero-order chi connectivity index (χ0) is 18.9. The fourth-order valence-corrected chi connectivity index (χ4v) is 2.09. The van der Waals surface area contributed by atoms with E-state index in [1.54, 1.807) is 36.4 Å². The molecule has 0 aliphatic rings. The third-order valence-corrected chi connectivity index (χ3v) is 3.71. The van der Waals surface area contributed by atoms with Gasteiger partial charge in [-0.25, -0.2) is 9.78 Å². The van der Waals surface area contributed by atoms with Crippen molar-refractivity contribution in [3.63, 3.8) is 0 Å². The number of amides is 1. The smallest absolute Gasteiger partial charge is 0.338 e. The quantitative estimate of drug-likeness (QED) is 0.554. The molecule has 1 N–H and O–H groups in total. The van der Waals surface area contributed by atoms with Gasteiger partial charge in [-0.15, -0.1) is 0 Å². The normalized spacial score (nSPS) is 11.5. The van der Waals surface area contributed by atoms with Crippen LogP contribution in [0.3, 0.4) is 0 Å². The maximum Gasteiger partial charge on any atom is 0.338 e. The number of anilines is 1. The first-order chi connectivity index (χ1) is 12.5. The number of unbranched alkanes of at least 4 members (excludes halogenated alkanes) is 1. The molecule has 0 aliphatic carbocycles. The van der Waals surface area contributed by atoms with E-state index in [9.17, 15) is 9.59 Å². The van der Waals surface area contributed by atoms with Gasteiger partial charge in [0, 0.05) is 6.20 Å². The summed E-state index contributed by atoms with van der Waals surface area (Å²) in [6.07, 6.45) is 2.47. The van der Waals surface area contributed by atoms with Crippen molar-refractivity contribution < 1.29 is 19.1 Å². The molecule has 1 amide bonds. The van der Waals surface area contributed by atoms with Gasteiger partial charge in [-0.2, -0.15) is 0 Å². The predicted molar refractivity (Wildman–Crippen MR) is 99.6 cm³/mol. The number of esters is 1. The van der Waals surface area contributed by atoms with Gasteiger partial charge < -0.3 is 14.8 Å². The first-order valence-corrected chi connectivity index (χ1v) is 8.73. The second-order valence-electron chi connectivity index (χ2n) is 5.62. The summed E-state index contributed by atoms with van der Waals surface area (Å²) in [6.45, 7) is 4.21. The van der Waals surface area contributed by atoms with E-state index in [4.69, 9.17) is 21.1 Å². The van der Waals surface area contributed by atoms with E-state index < -0.39 is 18.0 Å². The van der Waals surface area contributed by atoms with Crippen LogP contribution < -0.4 is 10.1 Å². The van der Waals surface area contributed by atoms with Gasteiger partial charge in [-0.1, -0.05) is 24.9 Å². The number of hydrogen-bond acceptors (Lipinski definition) is 5. The van der Waals surface area contributed by atoms with E-state index in [2.05, 4.69) is 17.2 Å².